The van der Waals surface area contributed by atoms with Gasteiger partial charge in [-0.05, 0) is 25.0 Å². The van der Waals surface area contributed by atoms with Crippen LogP contribution >= 0.6 is 11.3 Å². The Morgan fingerprint density at radius 1 is 1.36 bits per heavy atom. The van der Waals surface area contributed by atoms with E-state index in [0.717, 1.165) is 10.6 Å². The Hall–Kier alpha value is -1.80. The molecule has 6 nitrogen and oxygen atoms in total. The first-order valence-corrected chi connectivity index (χ1v) is 9.45. The van der Waals surface area contributed by atoms with E-state index in [1.165, 1.54) is 17.5 Å². The van der Waals surface area contributed by atoms with E-state index < -0.39 is 15.1 Å². The molecule has 0 saturated carbocycles. The van der Waals surface area contributed by atoms with Crippen molar-refractivity contribution < 1.29 is 13.2 Å². The van der Waals surface area contributed by atoms with Crippen LogP contribution in [0.4, 0.5) is 0 Å². The van der Waals surface area contributed by atoms with Crippen LogP contribution in [0.25, 0.3) is 10.6 Å². The summed E-state index contributed by atoms with van der Waals surface area (Å²) in [6.45, 7) is 0.170. The maximum atomic E-state index is 12.1. The summed E-state index contributed by atoms with van der Waals surface area (Å²) in [6, 6.07) is 3.65. The SMILES string of the molecule is O=C(NCC1CCCS1(=O)=O)c1cnc(-c2ccncc2)s1. The summed E-state index contributed by atoms with van der Waals surface area (Å²) in [6.07, 6.45) is 6.14. The normalized spacial score (nSPS) is 19.9. The minimum Gasteiger partial charge on any atom is -0.350 e. The summed E-state index contributed by atoms with van der Waals surface area (Å²) < 4.78 is 23.5. The Balaban J connectivity index is 1.65. The minimum absolute atomic E-state index is 0.170. The van der Waals surface area contributed by atoms with Gasteiger partial charge in [0.2, 0.25) is 0 Å². The van der Waals surface area contributed by atoms with Gasteiger partial charge in [0.1, 0.15) is 9.88 Å². The van der Waals surface area contributed by atoms with Gasteiger partial charge >= 0.3 is 0 Å². The van der Waals surface area contributed by atoms with Crippen molar-refractivity contribution in [1.29, 1.82) is 0 Å². The minimum atomic E-state index is -3.04. The van der Waals surface area contributed by atoms with Crippen molar-refractivity contribution in [3.05, 3.63) is 35.6 Å². The van der Waals surface area contributed by atoms with Crippen LogP contribution in [0.2, 0.25) is 0 Å². The number of amides is 1. The molecule has 8 heteroatoms. The number of sulfone groups is 1. The van der Waals surface area contributed by atoms with Crippen LogP contribution in [0.5, 0.6) is 0 Å². The van der Waals surface area contributed by atoms with Gasteiger partial charge in [-0.1, -0.05) is 0 Å². The maximum Gasteiger partial charge on any atom is 0.263 e. The zero-order chi connectivity index (χ0) is 15.6. The fourth-order valence-corrected chi connectivity index (χ4v) is 4.99. The van der Waals surface area contributed by atoms with E-state index in [2.05, 4.69) is 15.3 Å². The smallest absolute Gasteiger partial charge is 0.263 e. The lowest BCUT2D eigenvalue weighted by Gasteiger charge is -2.09. The van der Waals surface area contributed by atoms with Crippen molar-refractivity contribution in [3.63, 3.8) is 0 Å². The molecule has 0 spiro atoms. The number of aromatic nitrogens is 2. The van der Waals surface area contributed by atoms with Gasteiger partial charge in [0.25, 0.3) is 5.91 Å². The zero-order valence-electron chi connectivity index (χ0n) is 11.7. The summed E-state index contributed by atoms with van der Waals surface area (Å²) in [5.41, 5.74) is 0.900. The molecule has 22 heavy (non-hydrogen) atoms. The molecule has 0 bridgehead atoms. The van der Waals surface area contributed by atoms with Gasteiger partial charge in [-0.3, -0.25) is 9.78 Å². The Morgan fingerprint density at radius 3 is 2.82 bits per heavy atom. The van der Waals surface area contributed by atoms with E-state index >= 15 is 0 Å². The van der Waals surface area contributed by atoms with Crippen molar-refractivity contribution in [3.8, 4) is 10.6 Å². The maximum absolute atomic E-state index is 12.1. The lowest BCUT2D eigenvalue weighted by atomic mass is 10.2. The molecule has 116 valence electrons. The highest BCUT2D eigenvalue weighted by Crippen LogP contribution is 2.24. The summed E-state index contributed by atoms with van der Waals surface area (Å²) in [5, 5.41) is 2.98. The molecule has 1 unspecified atom stereocenters. The number of hydrogen-bond acceptors (Lipinski definition) is 6. The number of nitrogens with zero attached hydrogens (tertiary/aromatic N) is 2. The van der Waals surface area contributed by atoms with Crippen LogP contribution in [0.15, 0.2) is 30.7 Å². The van der Waals surface area contributed by atoms with E-state index in [-0.39, 0.29) is 18.2 Å². The molecular weight excluding hydrogens is 322 g/mol. The molecule has 1 aliphatic heterocycles. The molecule has 3 heterocycles. The molecule has 1 amide bonds. The second-order valence-corrected chi connectivity index (χ2v) is 8.54. The topological polar surface area (TPSA) is 89.0 Å². The first-order chi connectivity index (χ1) is 10.6. The highest BCUT2D eigenvalue weighted by atomic mass is 32.2. The summed E-state index contributed by atoms with van der Waals surface area (Å²) in [4.78, 5) is 20.8. The predicted octanol–water partition coefficient (Wildman–Crippen LogP) is 1.51. The molecular formula is C14H15N3O3S2. The number of nitrogens with one attached hydrogen (secondary N) is 1. The quantitative estimate of drug-likeness (QED) is 0.913. The van der Waals surface area contributed by atoms with Gasteiger partial charge in [0, 0.05) is 24.5 Å². The van der Waals surface area contributed by atoms with Gasteiger partial charge < -0.3 is 5.32 Å². The fourth-order valence-electron chi connectivity index (χ4n) is 2.39. The molecule has 1 fully saturated rings. The van der Waals surface area contributed by atoms with Gasteiger partial charge in [-0.15, -0.1) is 11.3 Å². The Labute approximate surface area is 132 Å². The number of rotatable bonds is 4. The monoisotopic (exact) mass is 337 g/mol. The first-order valence-electron chi connectivity index (χ1n) is 6.92. The number of carbonyl (C=O) groups is 1. The predicted molar refractivity (Wildman–Crippen MR) is 84.5 cm³/mol. The lowest BCUT2D eigenvalue weighted by molar-refractivity contribution is 0.0957. The van der Waals surface area contributed by atoms with Gasteiger partial charge in [0.15, 0.2) is 9.84 Å². The zero-order valence-corrected chi connectivity index (χ0v) is 13.4. The Morgan fingerprint density at radius 2 is 2.14 bits per heavy atom. The van der Waals surface area contributed by atoms with Crippen LogP contribution in [0, 0.1) is 0 Å². The number of pyridine rings is 1. The van der Waals surface area contributed by atoms with Crippen molar-refractivity contribution in [2.24, 2.45) is 0 Å². The Kier molecular flexibility index (Phi) is 4.21. The van der Waals surface area contributed by atoms with E-state index in [1.807, 2.05) is 12.1 Å². The van der Waals surface area contributed by atoms with Crippen LogP contribution in [0.3, 0.4) is 0 Å². The molecule has 3 rings (SSSR count). The van der Waals surface area contributed by atoms with E-state index in [4.69, 9.17) is 0 Å². The van der Waals surface area contributed by atoms with Crippen LogP contribution in [-0.4, -0.2) is 41.8 Å². The number of hydrogen-bond donors (Lipinski definition) is 1. The number of thiazole rings is 1. The third kappa shape index (κ3) is 3.17. The van der Waals surface area contributed by atoms with E-state index in [9.17, 15) is 13.2 Å². The molecule has 1 atom stereocenters. The van der Waals surface area contributed by atoms with Crippen molar-refractivity contribution in [2.75, 3.05) is 12.3 Å². The fraction of sp³-hybridized carbons (Fsp3) is 0.357. The Bertz CT molecular complexity index is 772. The standard InChI is InChI=1S/C14H15N3O3S2/c18-13(16-8-11-2-1-7-22(11,19)20)12-9-17-14(21-12)10-3-5-15-6-4-10/h3-6,9,11H,1-2,7-8H2,(H,16,18). The highest BCUT2D eigenvalue weighted by molar-refractivity contribution is 7.92. The van der Waals surface area contributed by atoms with Crippen molar-refractivity contribution in [2.45, 2.75) is 18.1 Å². The molecule has 0 aliphatic carbocycles. The van der Waals surface area contributed by atoms with Crippen LogP contribution < -0.4 is 5.32 Å². The number of carbonyl (C=O) groups excluding carboxylic acids is 1. The molecule has 2 aromatic rings. The average molecular weight is 337 g/mol. The van der Waals surface area contributed by atoms with Gasteiger partial charge in [-0.25, -0.2) is 13.4 Å². The molecule has 1 N–H and O–H groups in total. The third-order valence-electron chi connectivity index (χ3n) is 3.61. The highest BCUT2D eigenvalue weighted by Gasteiger charge is 2.31. The second-order valence-electron chi connectivity index (χ2n) is 5.11. The lowest BCUT2D eigenvalue weighted by Crippen LogP contribution is -2.34. The van der Waals surface area contributed by atoms with Gasteiger partial charge in [-0.2, -0.15) is 0 Å². The molecule has 2 aromatic heterocycles. The third-order valence-corrected chi connectivity index (χ3v) is 6.93. The summed E-state index contributed by atoms with van der Waals surface area (Å²) in [7, 11) is -3.04. The average Bonchev–Trinajstić information content (AvgIpc) is 3.12. The first kappa shape index (κ1) is 15.1. The van der Waals surface area contributed by atoms with Crippen LogP contribution in [0.1, 0.15) is 22.5 Å². The summed E-state index contributed by atoms with van der Waals surface area (Å²) in [5.74, 6) is -0.0554. The second kappa shape index (κ2) is 6.13. The molecule has 1 saturated heterocycles. The van der Waals surface area contributed by atoms with E-state index in [1.54, 1.807) is 12.4 Å². The molecule has 1 aliphatic rings. The molecule has 0 aromatic carbocycles. The van der Waals surface area contributed by atoms with E-state index in [0.29, 0.717) is 17.7 Å². The van der Waals surface area contributed by atoms with Crippen molar-refractivity contribution in [1.82, 2.24) is 15.3 Å². The molecule has 0 radical (unpaired) electrons. The van der Waals surface area contributed by atoms with Crippen LogP contribution in [-0.2, 0) is 9.84 Å². The summed E-state index contributed by atoms with van der Waals surface area (Å²) >= 11 is 1.28. The largest absolute Gasteiger partial charge is 0.350 e. The van der Waals surface area contributed by atoms with Gasteiger partial charge in [0.05, 0.1) is 17.2 Å². The van der Waals surface area contributed by atoms with Crippen molar-refractivity contribution >= 4 is 27.1 Å².